The summed E-state index contributed by atoms with van der Waals surface area (Å²) in [4.78, 5) is 16.1. The summed E-state index contributed by atoms with van der Waals surface area (Å²) in [6.07, 6.45) is 0.866. The Kier molecular flexibility index (Phi) is 3.70. The van der Waals surface area contributed by atoms with Gasteiger partial charge < -0.3 is 14.8 Å². The standard InChI is InChI=1S/C17H16N2O3/c1-22-14-7-5-13(6-8-14)19(17(20)21)11-12-3-2-4-16-15(12)9-10-18-16/h2-10,18H,11H2,1H3,(H,20,21). The highest BCUT2D eigenvalue weighted by molar-refractivity contribution is 5.88. The lowest BCUT2D eigenvalue weighted by Crippen LogP contribution is -2.28. The van der Waals surface area contributed by atoms with Gasteiger partial charge in [-0.3, -0.25) is 4.90 Å². The Morgan fingerprint density at radius 3 is 2.64 bits per heavy atom. The summed E-state index contributed by atoms with van der Waals surface area (Å²) in [5.74, 6) is 0.696. The molecule has 0 radical (unpaired) electrons. The van der Waals surface area contributed by atoms with Crippen LogP contribution in [-0.2, 0) is 6.54 Å². The summed E-state index contributed by atoms with van der Waals surface area (Å²) >= 11 is 0. The van der Waals surface area contributed by atoms with E-state index in [1.165, 1.54) is 4.90 Å². The monoisotopic (exact) mass is 296 g/mol. The van der Waals surface area contributed by atoms with E-state index >= 15 is 0 Å². The maximum absolute atomic E-state index is 11.6. The summed E-state index contributed by atoms with van der Waals surface area (Å²) in [5.41, 5.74) is 2.57. The Balaban J connectivity index is 1.94. The minimum Gasteiger partial charge on any atom is -0.497 e. The van der Waals surface area contributed by atoms with Crippen LogP contribution in [0.15, 0.2) is 54.7 Å². The number of methoxy groups -OCH3 is 1. The lowest BCUT2D eigenvalue weighted by atomic mass is 10.1. The third-order valence-electron chi connectivity index (χ3n) is 3.63. The van der Waals surface area contributed by atoms with Gasteiger partial charge in [-0.15, -0.1) is 0 Å². The molecule has 0 spiro atoms. The molecular weight excluding hydrogens is 280 g/mol. The molecular formula is C17H16N2O3. The Bertz CT molecular complexity index is 793. The Morgan fingerprint density at radius 2 is 1.95 bits per heavy atom. The second-order valence-electron chi connectivity index (χ2n) is 4.92. The number of aromatic nitrogens is 1. The molecule has 0 bridgehead atoms. The van der Waals surface area contributed by atoms with E-state index in [1.807, 2.05) is 30.5 Å². The van der Waals surface area contributed by atoms with E-state index < -0.39 is 6.09 Å². The first-order valence-electron chi connectivity index (χ1n) is 6.88. The second-order valence-corrected chi connectivity index (χ2v) is 4.92. The number of rotatable bonds is 4. The number of ether oxygens (including phenoxy) is 1. The van der Waals surface area contributed by atoms with Gasteiger partial charge in [-0.2, -0.15) is 0 Å². The van der Waals surface area contributed by atoms with Crippen LogP contribution in [0.3, 0.4) is 0 Å². The Morgan fingerprint density at radius 1 is 1.18 bits per heavy atom. The molecule has 0 saturated heterocycles. The zero-order chi connectivity index (χ0) is 15.5. The van der Waals surface area contributed by atoms with E-state index in [-0.39, 0.29) is 6.54 Å². The van der Waals surface area contributed by atoms with E-state index in [0.29, 0.717) is 11.4 Å². The maximum atomic E-state index is 11.6. The number of nitrogens with zero attached hydrogens (tertiary/aromatic N) is 1. The highest BCUT2D eigenvalue weighted by Gasteiger charge is 2.16. The fourth-order valence-electron chi connectivity index (χ4n) is 2.49. The summed E-state index contributed by atoms with van der Waals surface area (Å²) in [7, 11) is 1.58. The number of benzene rings is 2. The Hall–Kier alpha value is -2.95. The average Bonchev–Trinajstić information content (AvgIpc) is 3.02. The first-order valence-corrected chi connectivity index (χ1v) is 6.88. The fraction of sp³-hybridized carbons (Fsp3) is 0.118. The molecule has 2 N–H and O–H groups in total. The molecule has 0 unspecified atom stereocenters. The molecule has 3 rings (SSSR count). The molecule has 1 heterocycles. The minimum absolute atomic E-state index is 0.289. The highest BCUT2D eigenvalue weighted by atomic mass is 16.5. The lowest BCUT2D eigenvalue weighted by Gasteiger charge is -2.20. The number of amides is 1. The van der Waals surface area contributed by atoms with Crippen molar-refractivity contribution in [2.45, 2.75) is 6.54 Å². The van der Waals surface area contributed by atoms with Gasteiger partial charge in [0.2, 0.25) is 0 Å². The molecule has 0 saturated carbocycles. The number of anilines is 1. The van der Waals surface area contributed by atoms with Crippen LogP contribution >= 0.6 is 0 Å². The van der Waals surface area contributed by atoms with Crippen LogP contribution in [0.25, 0.3) is 10.9 Å². The van der Waals surface area contributed by atoms with Crippen LogP contribution in [0.2, 0.25) is 0 Å². The topological polar surface area (TPSA) is 65.6 Å². The molecule has 0 fully saturated rings. The first kappa shape index (κ1) is 14.0. The zero-order valence-corrected chi connectivity index (χ0v) is 12.1. The third-order valence-corrected chi connectivity index (χ3v) is 3.63. The smallest absolute Gasteiger partial charge is 0.412 e. The van der Waals surface area contributed by atoms with Crippen molar-refractivity contribution in [3.63, 3.8) is 0 Å². The normalized spacial score (nSPS) is 10.6. The largest absolute Gasteiger partial charge is 0.497 e. The van der Waals surface area contributed by atoms with Crippen LogP contribution < -0.4 is 9.64 Å². The van der Waals surface area contributed by atoms with E-state index in [1.54, 1.807) is 31.4 Å². The molecule has 112 valence electrons. The number of carbonyl (C=O) groups is 1. The molecule has 5 heteroatoms. The van der Waals surface area contributed by atoms with E-state index in [4.69, 9.17) is 4.74 Å². The van der Waals surface area contributed by atoms with Gasteiger partial charge in [0.25, 0.3) is 0 Å². The highest BCUT2D eigenvalue weighted by Crippen LogP contribution is 2.24. The van der Waals surface area contributed by atoms with Crippen LogP contribution in [-0.4, -0.2) is 23.3 Å². The number of carboxylic acid groups (broad SMARTS) is 1. The van der Waals surface area contributed by atoms with E-state index in [0.717, 1.165) is 16.5 Å². The van der Waals surface area contributed by atoms with E-state index in [2.05, 4.69) is 4.98 Å². The third kappa shape index (κ3) is 2.61. The maximum Gasteiger partial charge on any atom is 0.412 e. The molecule has 0 aliphatic rings. The fourth-order valence-corrected chi connectivity index (χ4v) is 2.49. The summed E-state index contributed by atoms with van der Waals surface area (Å²) < 4.78 is 5.10. The first-order chi connectivity index (χ1) is 10.7. The van der Waals surface area contributed by atoms with Crippen molar-refractivity contribution in [2.24, 2.45) is 0 Å². The number of H-pyrrole nitrogens is 1. The number of aromatic amines is 1. The molecule has 3 aromatic rings. The van der Waals surface area contributed by atoms with Crippen molar-refractivity contribution in [3.05, 3.63) is 60.3 Å². The van der Waals surface area contributed by atoms with Gasteiger partial charge in [-0.25, -0.2) is 4.79 Å². The molecule has 0 aliphatic carbocycles. The number of hydrogen-bond acceptors (Lipinski definition) is 2. The number of nitrogens with one attached hydrogen (secondary N) is 1. The number of hydrogen-bond donors (Lipinski definition) is 2. The molecule has 0 aliphatic heterocycles. The molecule has 5 nitrogen and oxygen atoms in total. The SMILES string of the molecule is COc1ccc(N(Cc2cccc3[nH]ccc23)C(=O)O)cc1. The van der Waals surface area contributed by atoms with Gasteiger partial charge in [-0.05, 0) is 42.0 Å². The van der Waals surface area contributed by atoms with Gasteiger partial charge >= 0.3 is 6.09 Å². The predicted molar refractivity (Wildman–Crippen MR) is 85.5 cm³/mol. The van der Waals surface area contributed by atoms with Gasteiger partial charge in [0, 0.05) is 22.8 Å². The molecule has 22 heavy (non-hydrogen) atoms. The van der Waals surface area contributed by atoms with Crippen molar-refractivity contribution in [3.8, 4) is 5.75 Å². The van der Waals surface area contributed by atoms with Crippen molar-refractivity contribution in [2.75, 3.05) is 12.0 Å². The van der Waals surface area contributed by atoms with Crippen molar-refractivity contribution in [1.82, 2.24) is 4.98 Å². The molecule has 1 amide bonds. The van der Waals surface area contributed by atoms with Crippen LogP contribution in [0.5, 0.6) is 5.75 Å². The summed E-state index contributed by atoms with van der Waals surface area (Å²) in [5, 5.41) is 10.6. The van der Waals surface area contributed by atoms with Gasteiger partial charge in [-0.1, -0.05) is 12.1 Å². The molecule has 1 aromatic heterocycles. The Labute approximate surface area is 127 Å². The minimum atomic E-state index is -0.988. The van der Waals surface area contributed by atoms with Crippen molar-refractivity contribution in [1.29, 1.82) is 0 Å². The summed E-state index contributed by atoms with van der Waals surface area (Å²) in [6.45, 7) is 0.289. The second kappa shape index (κ2) is 5.81. The van der Waals surface area contributed by atoms with Crippen LogP contribution in [0.1, 0.15) is 5.56 Å². The molecule has 2 aromatic carbocycles. The predicted octanol–water partition coefficient (Wildman–Crippen LogP) is 3.86. The quantitative estimate of drug-likeness (QED) is 0.768. The lowest BCUT2D eigenvalue weighted by molar-refractivity contribution is 0.201. The van der Waals surface area contributed by atoms with Crippen molar-refractivity contribution >= 4 is 22.7 Å². The zero-order valence-electron chi connectivity index (χ0n) is 12.1. The average molecular weight is 296 g/mol. The number of fused-ring (bicyclic) bond motifs is 1. The van der Waals surface area contributed by atoms with E-state index in [9.17, 15) is 9.90 Å². The van der Waals surface area contributed by atoms with Crippen LogP contribution in [0.4, 0.5) is 10.5 Å². The van der Waals surface area contributed by atoms with Crippen molar-refractivity contribution < 1.29 is 14.6 Å². The van der Waals surface area contributed by atoms with Crippen LogP contribution in [0, 0.1) is 0 Å². The van der Waals surface area contributed by atoms with Gasteiger partial charge in [0.05, 0.1) is 13.7 Å². The van der Waals surface area contributed by atoms with Gasteiger partial charge in [0.15, 0.2) is 0 Å². The van der Waals surface area contributed by atoms with Gasteiger partial charge in [0.1, 0.15) is 5.75 Å². The molecule has 0 atom stereocenters. The summed E-state index contributed by atoms with van der Waals surface area (Å²) in [6, 6.07) is 14.8.